The van der Waals surface area contributed by atoms with Crippen molar-refractivity contribution in [1.29, 1.82) is 0 Å². The molecular formula is C15H19N3O2. The maximum Gasteiger partial charge on any atom is 0.251 e. The molecule has 0 bridgehead atoms. The smallest absolute Gasteiger partial charge is 0.251 e. The summed E-state index contributed by atoms with van der Waals surface area (Å²) in [7, 11) is 1.61. The molecule has 2 N–H and O–H groups in total. The second-order valence-electron chi connectivity index (χ2n) is 4.43. The monoisotopic (exact) mass is 273 g/mol. The highest BCUT2D eigenvalue weighted by Gasteiger charge is 2.16. The van der Waals surface area contributed by atoms with Crippen molar-refractivity contribution < 1.29 is 4.74 Å². The first-order chi connectivity index (χ1) is 9.74. The molecule has 0 aliphatic rings. The Kier molecular flexibility index (Phi) is 5.03. The van der Waals surface area contributed by atoms with Gasteiger partial charge in [-0.05, 0) is 12.1 Å². The molecule has 0 fully saturated rings. The second kappa shape index (κ2) is 6.98. The van der Waals surface area contributed by atoms with E-state index < -0.39 is 0 Å². The number of rotatable bonds is 6. The quantitative estimate of drug-likeness (QED) is 0.839. The lowest BCUT2D eigenvalue weighted by atomic mass is 10.1. The molecule has 1 heterocycles. The molecule has 2 aromatic rings. The van der Waals surface area contributed by atoms with Crippen LogP contribution in [0.3, 0.4) is 0 Å². The summed E-state index contributed by atoms with van der Waals surface area (Å²) in [5, 5.41) is 3.16. The molecule has 0 aliphatic heterocycles. The average Bonchev–Trinajstić information content (AvgIpc) is 2.46. The van der Waals surface area contributed by atoms with Crippen molar-refractivity contribution >= 4 is 0 Å². The van der Waals surface area contributed by atoms with E-state index in [4.69, 9.17) is 4.74 Å². The lowest BCUT2D eigenvalue weighted by Crippen LogP contribution is -2.21. The van der Waals surface area contributed by atoms with Gasteiger partial charge in [-0.3, -0.25) is 4.79 Å². The van der Waals surface area contributed by atoms with Crippen LogP contribution in [0.2, 0.25) is 0 Å². The summed E-state index contributed by atoms with van der Waals surface area (Å²) >= 11 is 0. The molecule has 5 nitrogen and oxygen atoms in total. The Morgan fingerprint density at radius 3 is 2.75 bits per heavy atom. The van der Waals surface area contributed by atoms with Gasteiger partial charge in [0.05, 0.1) is 5.69 Å². The summed E-state index contributed by atoms with van der Waals surface area (Å²) in [5.41, 5.74) is 1.50. The number of ether oxygens (including phenoxy) is 1. The maximum atomic E-state index is 11.7. The highest BCUT2D eigenvalue weighted by Crippen LogP contribution is 2.21. The third kappa shape index (κ3) is 3.53. The zero-order chi connectivity index (χ0) is 14.4. The molecule has 0 aliphatic carbocycles. The fourth-order valence-corrected chi connectivity index (χ4v) is 2.03. The molecule has 106 valence electrons. The number of nitrogens with zero attached hydrogens (tertiary/aromatic N) is 1. The van der Waals surface area contributed by atoms with Gasteiger partial charge in [-0.1, -0.05) is 37.3 Å². The van der Waals surface area contributed by atoms with Gasteiger partial charge in [-0.15, -0.1) is 0 Å². The SMILES string of the molecule is CCNCc1cc(=O)[nH]c(C(OC)c2ccccc2)n1. The Hall–Kier alpha value is -1.98. The van der Waals surface area contributed by atoms with Crippen LogP contribution in [-0.2, 0) is 11.3 Å². The third-order valence-electron chi connectivity index (χ3n) is 2.96. The molecule has 2 rings (SSSR count). The Labute approximate surface area is 118 Å². The van der Waals surface area contributed by atoms with Gasteiger partial charge in [-0.2, -0.15) is 0 Å². The van der Waals surface area contributed by atoms with Crippen molar-refractivity contribution in [2.24, 2.45) is 0 Å². The van der Waals surface area contributed by atoms with E-state index in [1.54, 1.807) is 7.11 Å². The van der Waals surface area contributed by atoms with E-state index in [-0.39, 0.29) is 11.7 Å². The summed E-state index contributed by atoms with van der Waals surface area (Å²) in [6, 6.07) is 11.2. The standard InChI is InChI=1S/C15H19N3O2/c1-3-16-10-12-9-13(19)18-15(17-12)14(20-2)11-7-5-4-6-8-11/h4-9,14,16H,3,10H2,1-2H3,(H,17,18,19). The minimum Gasteiger partial charge on any atom is -0.369 e. The van der Waals surface area contributed by atoms with E-state index in [2.05, 4.69) is 15.3 Å². The number of benzene rings is 1. The van der Waals surface area contributed by atoms with Crippen molar-refractivity contribution in [3.8, 4) is 0 Å². The van der Waals surface area contributed by atoms with Gasteiger partial charge in [0.15, 0.2) is 0 Å². The van der Waals surface area contributed by atoms with Crippen molar-refractivity contribution in [3.63, 3.8) is 0 Å². The minimum atomic E-state index is -0.370. The van der Waals surface area contributed by atoms with Crippen LogP contribution in [0.15, 0.2) is 41.2 Å². The molecular weight excluding hydrogens is 254 g/mol. The first-order valence-corrected chi connectivity index (χ1v) is 6.63. The molecule has 5 heteroatoms. The largest absolute Gasteiger partial charge is 0.369 e. The minimum absolute atomic E-state index is 0.166. The number of hydrogen-bond donors (Lipinski definition) is 2. The van der Waals surface area contributed by atoms with Crippen LogP contribution < -0.4 is 10.9 Å². The van der Waals surface area contributed by atoms with Crippen LogP contribution in [0.5, 0.6) is 0 Å². The Morgan fingerprint density at radius 2 is 2.10 bits per heavy atom. The zero-order valence-electron chi connectivity index (χ0n) is 11.7. The van der Waals surface area contributed by atoms with Crippen molar-refractivity contribution in [3.05, 3.63) is 63.8 Å². The van der Waals surface area contributed by atoms with Crippen molar-refractivity contribution in [1.82, 2.24) is 15.3 Å². The van der Waals surface area contributed by atoms with Gasteiger partial charge in [0.25, 0.3) is 5.56 Å². The Morgan fingerprint density at radius 1 is 1.35 bits per heavy atom. The highest BCUT2D eigenvalue weighted by atomic mass is 16.5. The molecule has 0 spiro atoms. The topological polar surface area (TPSA) is 67.0 Å². The normalized spacial score (nSPS) is 12.3. The van der Waals surface area contributed by atoms with Gasteiger partial charge in [-0.25, -0.2) is 4.98 Å². The summed E-state index contributed by atoms with van der Waals surface area (Å²) in [4.78, 5) is 19.0. The van der Waals surface area contributed by atoms with E-state index >= 15 is 0 Å². The first kappa shape index (κ1) is 14.4. The lowest BCUT2D eigenvalue weighted by molar-refractivity contribution is 0.128. The van der Waals surface area contributed by atoms with Gasteiger partial charge in [0.2, 0.25) is 0 Å². The summed E-state index contributed by atoms with van der Waals surface area (Å²) in [6.45, 7) is 3.41. The molecule has 0 saturated heterocycles. The number of hydrogen-bond acceptors (Lipinski definition) is 4. The molecule has 20 heavy (non-hydrogen) atoms. The first-order valence-electron chi connectivity index (χ1n) is 6.63. The Bertz CT molecular complexity index is 596. The van der Waals surface area contributed by atoms with Gasteiger partial charge in [0, 0.05) is 19.7 Å². The third-order valence-corrected chi connectivity index (χ3v) is 2.96. The van der Waals surface area contributed by atoms with E-state index in [1.165, 1.54) is 6.07 Å². The van der Waals surface area contributed by atoms with Gasteiger partial charge in [0.1, 0.15) is 11.9 Å². The zero-order valence-corrected chi connectivity index (χ0v) is 11.7. The lowest BCUT2D eigenvalue weighted by Gasteiger charge is -2.15. The highest BCUT2D eigenvalue weighted by molar-refractivity contribution is 5.23. The van der Waals surface area contributed by atoms with Crippen molar-refractivity contribution in [2.75, 3.05) is 13.7 Å². The van der Waals surface area contributed by atoms with E-state index in [1.807, 2.05) is 37.3 Å². The number of aromatic amines is 1. The maximum absolute atomic E-state index is 11.7. The van der Waals surface area contributed by atoms with E-state index in [9.17, 15) is 4.79 Å². The summed E-state index contributed by atoms with van der Waals surface area (Å²) < 4.78 is 5.48. The van der Waals surface area contributed by atoms with Crippen LogP contribution in [-0.4, -0.2) is 23.6 Å². The van der Waals surface area contributed by atoms with Gasteiger partial charge < -0.3 is 15.0 Å². The second-order valence-corrected chi connectivity index (χ2v) is 4.43. The Balaban J connectivity index is 2.34. The van der Waals surface area contributed by atoms with Gasteiger partial charge >= 0.3 is 0 Å². The van der Waals surface area contributed by atoms with E-state index in [0.29, 0.717) is 18.1 Å². The average molecular weight is 273 g/mol. The fraction of sp³-hybridized carbons (Fsp3) is 0.333. The summed E-state index contributed by atoms with van der Waals surface area (Å²) in [5.74, 6) is 0.527. The summed E-state index contributed by atoms with van der Waals surface area (Å²) in [6.07, 6.45) is -0.370. The fourth-order valence-electron chi connectivity index (χ4n) is 2.03. The number of nitrogens with one attached hydrogen (secondary N) is 2. The van der Waals surface area contributed by atoms with Crippen LogP contribution in [0.4, 0.5) is 0 Å². The van der Waals surface area contributed by atoms with Crippen LogP contribution in [0.1, 0.15) is 30.1 Å². The molecule has 1 unspecified atom stereocenters. The predicted molar refractivity (Wildman–Crippen MR) is 77.5 cm³/mol. The van der Waals surface area contributed by atoms with E-state index in [0.717, 1.165) is 12.1 Å². The van der Waals surface area contributed by atoms with Crippen LogP contribution in [0, 0.1) is 0 Å². The molecule has 0 radical (unpaired) electrons. The number of aromatic nitrogens is 2. The molecule has 1 aromatic carbocycles. The van der Waals surface area contributed by atoms with Crippen molar-refractivity contribution in [2.45, 2.75) is 19.6 Å². The molecule has 1 atom stereocenters. The predicted octanol–water partition coefficient (Wildman–Crippen LogP) is 1.62. The van der Waals surface area contributed by atoms with Crippen LogP contribution >= 0.6 is 0 Å². The molecule has 0 saturated carbocycles. The molecule has 1 aromatic heterocycles. The molecule has 0 amide bonds. The number of methoxy groups -OCH3 is 1. The van der Waals surface area contributed by atoms with Crippen LogP contribution in [0.25, 0.3) is 0 Å². The number of H-pyrrole nitrogens is 1.